The lowest BCUT2D eigenvalue weighted by Gasteiger charge is -2.35. The molecule has 1 aliphatic rings. The summed E-state index contributed by atoms with van der Waals surface area (Å²) >= 11 is 1.41. The van der Waals surface area contributed by atoms with Crippen molar-refractivity contribution >= 4 is 23.6 Å². The lowest BCUT2D eigenvalue weighted by molar-refractivity contribution is -0.127. The average molecular weight is 458 g/mol. The predicted molar refractivity (Wildman–Crippen MR) is 124 cm³/mol. The summed E-state index contributed by atoms with van der Waals surface area (Å²) in [5, 5.41) is 9.68. The Hall–Kier alpha value is -2.68. The van der Waals surface area contributed by atoms with Crippen molar-refractivity contribution in [1.82, 2.24) is 19.7 Å². The second kappa shape index (κ2) is 9.85. The van der Waals surface area contributed by atoms with Crippen molar-refractivity contribution in [3.63, 3.8) is 0 Å². The number of thioether (sulfide) groups is 1. The molecule has 0 aromatic carbocycles. The minimum absolute atomic E-state index is 0.0124. The van der Waals surface area contributed by atoms with E-state index in [1.54, 1.807) is 18.2 Å². The van der Waals surface area contributed by atoms with Gasteiger partial charge in [0.05, 0.1) is 25.1 Å². The molecule has 3 aromatic rings. The van der Waals surface area contributed by atoms with Crippen molar-refractivity contribution in [2.75, 3.05) is 30.8 Å². The highest BCUT2D eigenvalue weighted by molar-refractivity contribution is 7.99. The lowest BCUT2D eigenvalue weighted by atomic mass is 9.92. The number of carbonyl (C=O) groups excluding carboxylic acids is 1. The van der Waals surface area contributed by atoms with Crippen molar-refractivity contribution in [3.05, 3.63) is 47.8 Å². The number of nitrogens with zero attached hydrogens (tertiary/aromatic N) is 5. The maximum absolute atomic E-state index is 12.7. The fourth-order valence-electron chi connectivity index (χ4n) is 4.27. The summed E-state index contributed by atoms with van der Waals surface area (Å²) in [6.45, 7) is 9.34. The van der Waals surface area contributed by atoms with Crippen molar-refractivity contribution in [2.45, 2.75) is 45.4 Å². The number of hydrogen-bond donors (Lipinski definition) is 0. The minimum atomic E-state index is 0.0124. The Morgan fingerprint density at radius 1 is 1.19 bits per heavy atom. The Kier molecular flexibility index (Phi) is 6.93. The van der Waals surface area contributed by atoms with Gasteiger partial charge in [-0.15, -0.1) is 10.2 Å². The van der Waals surface area contributed by atoms with E-state index in [0.29, 0.717) is 24.9 Å². The van der Waals surface area contributed by atoms with Crippen molar-refractivity contribution in [3.8, 4) is 0 Å². The average Bonchev–Trinajstić information content (AvgIpc) is 3.48. The first-order chi connectivity index (χ1) is 15.4. The fourth-order valence-corrected chi connectivity index (χ4v) is 5.15. The number of hydrogen-bond acceptors (Lipinski definition) is 7. The Bertz CT molecular complexity index is 1020. The molecule has 9 heteroatoms. The molecule has 0 spiro atoms. The zero-order chi connectivity index (χ0) is 22.7. The molecule has 1 fully saturated rings. The SMILES string of the molecule is Cc1ccc(CN(C)C(=O)CSc2nnc(N3CC(C)CC(C)C3)n2Cc2ccco2)o1. The summed E-state index contributed by atoms with van der Waals surface area (Å²) in [6, 6.07) is 7.64. The van der Waals surface area contributed by atoms with Gasteiger partial charge in [-0.25, -0.2) is 0 Å². The van der Waals surface area contributed by atoms with E-state index in [0.717, 1.165) is 41.5 Å². The van der Waals surface area contributed by atoms with E-state index in [1.165, 1.54) is 18.2 Å². The zero-order valence-electron chi connectivity index (χ0n) is 19.2. The second-order valence-electron chi connectivity index (χ2n) is 8.85. The number of anilines is 1. The molecule has 1 saturated heterocycles. The molecule has 4 heterocycles. The van der Waals surface area contributed by atoms with E-state index >= 15 is 0 Å². The molecule has 8 nitrogen and oxygen atoms in total. The first kappa shape index (κ1) is 22.5. The number of aromatic nitrogens is 3. The standard InChI is InChI=1S/C23H31N5O3S/c1-16-10-17(2)12-27(11-16)22-24-25-23(28(22)14-19-6-5-9-30-19)32-15-21(29)26(4)13-20-8-7-18(3)31-20/h5-9,16-17H,10-15H2,1-4H3. The number of furan rings is 2. The lowest BCUT2D eigenvalue weighted by Crippen LogP contribution is -2.40. The molecule has 1 amide bonds. The molecule has 0 bridgehead atoms. The molecule has 2 atom stereocenters. The van der Waals surface area contributed by atoms with Crippen LogP contribution in [0.5, 0.6) is 0 Å². The van der Waals surface area contributed by atoms with Crippen LogP contribution in [0, 0.1) is 18.8 Å². The minimum Gasteiger partial charge on any atom is -0.467 e. The largest absolute Gasteiger partial charge is 0.467 e. The normalized spacial score (nSPS) is 18.8. The molecule has 32 heavy (non-hydrogen) atoms. The second-order valence-corrected chi connectivity index (χ2v) is 9.79. The van der Waals surface area contributed by atoms with E-state index in [-0.39, 0.29) is 11.7 Å². The van der Waals surface area contributed by atoms with Crippen LogP contribution in [-0.4, -0.2) is 51.5 Å². The van der Waals surface area contributed by atoms with E-state index in [1.807, 2.05) is 31.2 Å². The highest BCUT2D eigenvalue weighted by Crippen LogP contribution is 2.29. The van der Waals surface area contributed by atoms with E-state index in [2.05, 4.69) is 33.5 Å². The van der Waals surface area contributed by atoms with Crippen molar-refractivity contribution in [2.24, 2.45) is 11.8 Å². The van der Waals surface area contributed by atoms with Crippen LogP contribution in [0.25, 0.3) is 0 Å². The van der Waals surface area contributed by atoms with E-state index < -0.39 is 0 Å². The third-order valence-electron chi connectivity index (χ3n) is 5.68. The van der Waals surface area contributed by atoms with Gasteiger partial charge in [-0.1, -0.05) is 25.6 Å². The smallest absolute Gasteiger partial charge is 0.233 e. The molecule has 0 aliphatic carbocycles. The quantitative estimate of drug-likeness (QED) is 0.472. The van der Waals surface area contributed by atoms with Gasteiger partial charge < -0.3 is 18.6 Å². The summed E-state index contributed by atoms with van der Waals surface area (Å²) < 4.78 is 13.2. The topological polar surface area (TPSA) is 80.5 Å². The Balaban J connectivity index is 1.47. The van der Waals surface area contributed by atoms with Gasteiger partial charge in [0, 0.05) is 20.1 Å². The number of aryl methyl sites for hydroxylation is 1. The van der Waals surface area contributed by atoms with Gasteiger partial charge in [0.2, 0.25) is 11.9 Å². The van der Waals surface area contributed by atoms with E-state index in [9.17, 15) is 4.79 Å². The van der Waals surface area contributed by atoms with Crippen LogP contribution in [0.4, 0.5) is 5.95 Å². The summed E-state index contributed by atoms with van der Waals surface area (Å²) in [7, 11) is 1.79. The first-order valence-electron chi connectivity index (χ1n) is 11.0. The molecule has 2 unspecified atom stereocenters. The van der Waals surface area contributed by atoms with Crippen molar-refractivity contribution in [1.29, 1.82) is 0 Å². The van der Waals surface area contributed by atoms with Gasteiger partial charge >= 0.3 is 0 Å². The number of piperidine rings is 1. The fraction of sp³-hybridized carbons (Fsp3) is 0.522. The number of amides is 1. The summed E-state index contributed by atoms with van der Waals surface area (Å²) in [5.74, 6) is 4.79. The van der Waals surface area contributed by atoms with Gasteiger partial charge in [0.1, 0.15) is 17.3 Å². The molecule has 4 rings (SSSR count). The third kappa shape index (κ3) is 5.38. The van der Waals surface area contributed by atoms with Crippen LogP contribution in [0.2, 0.25) is 0 Å². The number of carbonyl (C=O) groups is 1. The van der Waals surface area contributed by atoms with Crippen molar-refractivity contribution < 1.29 is 13.6 Å². The van der Waals surface area contributed by atoms with Crippen LogP contribution >= 0.6 is 11.8 Å². The summed E-state index contributed by atoms with van der Waals surface area (Å²) in [6.07, 6.45) is 2.90. The summed E-state index contributed by atoms with van der Waals surface area (Å²) in [5.41, 5.74) is 0. The van der Waals surface area contributed by atoms with Crippen LogP contribution in [0.15, 0.2) is 44.5 Å². The van der Waals surface area contributed by atoms with E-state index in [4.69, 9.17) is 8.83 Å². The van der Waals surface area contributed by atoms with Crippen LogP contribution < -0.4 is 4.90 Å². The Labute approximate surface area is 193 Å². The monoisotopic (exact) mass is 457 g/mol. The van der Waals surface area contributed by atoms with Crippen LogP contribution in [-0.2, 0) is 17.9 Å². The maximum atomic E-state index is 12.7. The van der Waals surface area contributed by atoms with Crippen LogP contribution in [0.1, 0.15) is 37.5 Å². The van der Waals surface area contributed by atoms with Gasteiger partial charge in [-0.05, 0) is 49.4 Å². The number of rotatable bonds is 8. The van der Waals surface area contributed by atoms with Crippen LogP contribution in [0.3, 0.4) is 0 Å². The first-order valence-corrected chi connectivity index (χ1v) is 12.0. The summed E-state index contributed by atoms with van der Waals surface area (Å²) in [4.78, 5) is 16.7. The molecule has 3 aromatic heterocycles. The third-order valence-corrected chi connectivity index (χ3v) is 6.63. The molecule has 1 aliphatic heterocycles. The van der Waals surface area contributed by atoms with Gasteiger partial charge in [-0.2, -0.15) is 0 Å². The highest BCUT2D eigenvalue weighted by Gasteiger charge is 2.27. The Morgan fingerprint density at radius 2 is 1.97 bits per heavy atom. The highest BCUT2D eigenvalue weighted by atomic mass is 32.2. The zero-order valence-corrected chi connectivity index (χ0v) is 20.0. The molecule has 0 radical (unpaired) electrons. The van der Waals surface area contributed by atoms with Gasteiger partial charge in [0.25, 0.3) is 0 Å². The maximum Gasteiger partial charge on any atom is 0.233 e. The molecule has 172 valence electrons. The Morgan fingerprint density at radius 3 is 2.62 bits per heavy atom. The molecular formula is C23H31N5O3S. The molecule has 0 saturated carbocycles. The molecular weight excluding hydrogens is 426 g/mol. The predicted octanol–water partition coefficient (Wildman–Crippen LogP) is 4.05. The molecule has 0 N–H and O–H groups in total. The van der Waals surface area contributed by atoms with Gasteiger partial charge in [0.15, 0.2) is 5.16 Å². The van der Waals surface area contributed by atoms with Gasteiger partial charge in [-0.3, -0.25) is 9.36 Å².